The quantitative estimate of drug-likeness (QED) is 0.573. The van der Waals surface area contributed by atoms with Crippen molar-refractivity contribution in [1.29, 1.82) is 0 Å². The second-order valence-corrected chi connectivity index (χ2v) is 10.5. The van der Waals surface area contributed by atoms with Gasteiger partial charge in [-0.1, -0.05) is 0 Å². The van der Waals surface area contributed by atoms with Crippen LogP contribution >= 0.6 is 0 Å². The first-order valence-electron chi connectivity index (χ1n) is 10.7. The number of carbonyl (C=O) groups is 1. The molecule has 1 aliphatic carbocycles. The van der Waals surface area contributed by atoms with Crippen LogP contribution in [0.1, 0.15) is 38.1 Å². The molecule has 3 aromatic rings. The first-order valence-corrected chi connectivity index (χ1v) is 12.3. The molecule has 3 aromatic heterocycles. The molecule has 2 aliphatic rings. The molecule has 1 amide bonds. The Morgan fingerprint density at radius 3 is 2.66 bits per heavy atom. The van der Waals surface area contributed by atoms with Gasteiger partial charge in [-0.25, -0.2) is 23.1 Å². The summed E-state index contributed by atoms with van der Waals surface area (Å²) in [6, 6.07) is 0.846. The van der Waals surface area contributed by atoms with Crippen molar-refractivity contribution in [2.45, 2.75) is 48.3 Å². The van der Waals surface area contributed by atoms with Crippen LogP contribution in [0, 0.1) is 5.92 Å². The van der Waals surface area contributed by atoms with Gasteiger partial charge in [-0.05, 0) is 44.1 Å². The van der Waals surface area contributed by atoms with E-state index >= 15 is 0 Å². The van der Waals surface area contributed by atoms with Crippen LogP contribution < -0.4 is 5.32 Å². The Balaban J connectivity index is 1.52. The number of nitrogens with one attached hydrogen (secondary N) is 1. The topological polar surface area (TPSA) is 129 Å². The minimum absolute atomic E-state index is 0.232. The van der Waals surface area contributed by atoms with Gasteiger partial charge in [0.25, 0.3) is 5.91 Å². The molecule has 1 saturated heterocycles. The van der Waals surface area contributed by atoms with Crippen molar-refractivity contribution in [3.8, 4) is 0 Å². The zero-order valence-electron chi connectivity index (χ0n) is 17.4. The second-order valence-electron chi connectivity index (χ2n) is 8.27. The SMILES string of the molecule is O=C(Nc1cnccn1)C(CC1CCOCC1)n1ncc2c(S(=O)(=O)C3CC3)ccnc21. The molecule has 1 atom stereocenters. The summed E-state index contributed by atoms with van der Waals surface area (Å²) in [5.74, 6) is 0.328. The van der Waals surface area contributed by atoms with Crippen LogP contribution in [0.4, 0.5) is 5.82 Å². The van der Waals surface area contributed by atoms with E-state index in [1.165, 1.54) is 37.1 Å². The molecule has 0 aromatic carbocycles. The third-order valence-electron chi connectivity index (χ3n) is 6.04. The predicted octanol–water partition coefficient (Wildman–Crippen LogP) is 2.15. The fourth-order valence-corrected chi connectivity index (χ4v) is 5.96. The highest BCUT2D eigenvalue weighted by molar-refractivity contribution is 7.92. The fourth-order valence-electron chi connectivity index (χ4n) is 4.15. The minimum atomic E-state index is -3.43. The van der Waals surface area contributed by atoms with Crippen LogP contribution in [-0.4, -0.2) is 57.5 Å². The van der Waals surface area contributed by atoms with Gasteiger partial charge in [0.15, 0.2) is 21.3 Å². The van der Waals surface area contributed by atoms with E-state index in [1.807, 2.05) is 0 Å². The maximum absolute atomic E-state index is 13.3. The zero-order valence-corrected chi connectivity index (χ0v) is 18.2. The molecular formula is C21H24N6O4S. The third-order valence-corrected chi connectivity index (χ3v) is 8.35. The Bertz CT molecular complexity index is 1220. The standard InChI is InChI=1S/C21H24N6O4S/c28-21(26-19-13-22-7-8-23-19)17(11-14-4-9-31-10-5-14)27-20-16(12-25-27)18(3-6-24-20)32(29,30)15-1-2-15/h3,6-8,12-15,17H,1-2,4-5,9-11H2,(H,23,26,28). The molecule has 168 valence electrons. The lowest BCUT2D eigenvalue weighted by atomic mass is 9.92. The van der Waals surface area contributed by atoms with E-state index in [9.17, 15) is 13.2 Å². The van der Waals surface area contributed by atoms with E-state index in [2.05, 4.69) is 25.4 Å². The number of hydrogen-bond donors (Lipinski definition) is 1. The van der Waals surface area contributed by atoms with Crippen molar-refractivity contribution < 1.29 is 17.9 Å². The lowest BCUT2D eigenvalue weighted by Crippen LogP contribution is -2.30. The summed E-state index contributed by atoms with van der Waals surface area (Å²) in [5, 5.41) is 7.36. The van der Waals surface area contributed by atoms with Crippen LogP contribution in [0.25, 0.3) is 11.0 Å². The predicted molar refractivity (Wildman–Crippen MR) is 116 cm³/mol. The second kappa shape index (κ2) is 8.55. The summed E-state index contributed by atoms with van der Waals surface area (Å²) in [7, 11) is -3.43. The van der Waals surface area contributed by atoms with Gasteiger partial charge in [-0.3, -0.25) is 9.78 Å². The summed E-state index contributed by atoms with van der Waals surface area (Å²) in [6.45, 7) is 1.32. The van der Waals surface area contributed by atoms with Gasteiger partial charge in [0.1, 0.15) is 6.04 Å². The van der Waals surface area contributed by atoms with Gasteiger partial charge >= 0.3 is 0 Å². The Labute approximate surface area is 185 Å². The number of rotatable bonds is 7. The van der Waals surface area contributed by atoms with Crippen molar-refractivity contribution in [2.75, 3.05) is 18.5 Å². The van der Waals surface area contributed by atoms with Gasteiger partial charge < -0.3 is 10.1 Å². The van der Waals surface area contributed by atoms with Crippen molar-refractivity contribution in [2.24, 2.45) is 5.92 Å². The average molecular weight is 457 g/mol. The Hall–Kier alpha value is -2.92. The van der Waals surface area contributed by atoms with E-state index in [0.717, 1.165) is 12.8 Å². The number of hydrogen-bond acceptors (Lipinski definition) is 8. The molecule has 0 radical (unpaired) electrons. The van der Waals surface area contributed by atoms with E-state index in [4.69, 9.17) is 4.74 Å². The van der Waals surface area contributed by atoms with Gasteiger partial charge in [-0.15, -0.1) is 0 Å². The van der Waals surface area contributed by atoms with Gasteiger partial charge in [0, 0.05) is 31.8 Å². The van der Waals surface area contributed by atoms with Crippen molar-refractivity contribution in [3.05, 3.63) is 37.1 Å². The molecule has 1 saturated carbocycles. The Morgan fingerprint density at radius 2 is 1.94 bits per heavy atom. The first-order chi connectivity index (χ1) is 15.5. The number of fused-ring (bicyclic) bond motifs is 1. The monoisotopic (exact) mass is 456 g/mol. The lowest BCUT2D eigenvalue weighted by molar-refractivity contribution is -0.120. The van der Waals surface area contributed by atoms with Crippen LogP contribution in [0.5, 0.6) is 0 Å². The number of sulfone groups is 1. The summed E-state index contributed by atoms with van der Waals surface area (Å²) in [5.41, 5.74) is 0.387. The van der Waals surface area contributed by atoms with E-state index in [0.29, 0.717) is 49.3 Å². The fraction of sp³-hybridized carbons (Fsp3) is 0.476. The number of ether oxygens (including phenoxy) is 1. The van der Waals surface area contributed by atoms with Gasteiger partial charge in [0.05, 0.1) is 27.9 Å². The highest BCUT2D eigenvalue weighted by atomic mass is 32.2. The van der Waals surface area contributed by atoms with Crippen LogP contribution in [0.2, 0.25) is 0 Å². The summed E-state index contributed by atoms with van der Waals surface area (Å²) >= 11 is 0. The number of aromatic nitrogens is 5. The van der Waals surface area contributed by atoms with E-state index < -0.39 is 15.9 Å². The summed E-state index contributed by atoms with van der Waals surface area (Å²) in [6.07, 6.45) is 11.1. The molecular weight excluding hydrogens is 432 g/mol. The summed E-state index contributed by atoms with van der Waals surface area (Å²) < 4.78 is 32.8. The van der Waals surface area contributed by atoms with Gasteiger partial charge in [0.2, 0.25) is 0 Å². The zero-order chi connectivity index (χ0) is 22.1. The molecule has 32 heavy (non-hydrogen) atoms. The van der Waals surface area contributed by atoms with E-state index in [1.54, 1.807) is 4.68 Å². The molecule has 2 fully saturated rings. The average Bonchev–Trinajstić information content (AvgIpc) is 3.59. The maximum atomic E-state index is 13.3. The van der Waals surface area contributed by atoms with Crippen molar-refractivity contribution in [3.63, 3.8) is 0 Å². The van der Waals surface area contributed by atoms with Crippen LogP contribution in [0.15, 0.2) is 41.9 Å². The number of pyridine rings is 1. The molecule has 1 aliphatic heterocycles. The maximum Gasteiger partial charge on any atom is 0.250 e. The molecule has 1 N–H and O–H groups in total. The third kappa shape index (κ3) is 4.09. The molecule has 10 nitrogen and oxygen atoms in total. The Kier molecular flexibility index (Phi) is 5.60. The molecule has 0 bridgehead atoms. The molecule has 4 heterocycles. The lowest BCUT2D eigenvalue weighted by Gasteiger charge is -2.26. The number of nitrogens with zero attached hydrogens (tertiary/aromatic N) is 5. The Morgan fingerprint density at radius 1 is 1.12 bits per heavy atom. The largest absolute Gasteiger partial charge is 0.381 e. The first kappa shape index (κ1) is 21.0. The normalized spacial score (nSPS) is 18.5. The molecule has 0 spiro atoms. The molecule has 5 rings (SSSR count). The van der Waals surface area contributed by atoms with Crippen molar-refractivity contribution in [1.82, 2.24) is 24.7 Å². The van der Waals surface area contributed by atoms with Crippen LogP contribution in [0.3, 0.4) is 0 Å². The molecule has 11 heteroatoms. The highest BCUT2D eigenvalue weighted by Crippen LogP contribution is 2.37. The van der Waals surface area contributed by atoms with E-state index in [-0.39, 0.29) is 22.0 Å². The van der Waals surface area contributed by atoms with Crippen LogP contribution in [-0.2, 0) is 19.4 Å². The number of amides is 1. The highest BCUT2D eigenvalue weighted by Gasteiger charge is 2.38. The minimum Gasteiger partial charge on any atom is -0.381 e. The smallest absolute Gasteiger partial charge is 0.250 e. The van der Waals surface area contributed by atoms with Gasteiger partial charge in [-0.2, -0.15) is 5.10 Å². The summed E-state index contributed by atoms with van der Waals surface area (Å²) in [4.78, 5) is 26.1. The van der Waals surface area contributed by atoms with Crippen molar-refractivity contribution >= 4 is 32.6 Å². The molecule has 1 unspecified atom stereocenters. The number of anilines is 1. The number of carbonyl (C=O) groups excluding carboxylic acids is 1.